The predicted octanol–water partition coefficient (Wildman–Crippen LogP) is 6.87. The van der Waals surface area contributed by atoms with Gasteiger partial charge in [0, 0.05) is 30.3 Å². The van der Waals surface area contributed by atoms with Crippen LogP contribution in [0.4, 0.5) is 23.4 Å². The van der Waals surface area contributed by atoms with Crippen molar-refractivity contribution in [1.29, 1.82) is 0 Å². The number of H-pyrrole nitrogens is 2. The third-order valence-electron chi connectivity index (χ3n) is 7.07. The molecule has 10 heteroatoms. The van der Waals surface area contributed by atoms with Crippen LogP contribution in [0.15, 0.2) is 60.9 Å². The highest BCUT2D eigenvalue weighted by Crippen LogP contribution is 2.39. The van der Waals surface area contributed by atoms with Gasteiger partial charge in [0.1, 0.15) is 40.8 Å². The van der Waals surface area contributed by atoms with E-state index in [1.807, 2.05) is 13.0 Å². The van der Waals surface area contributed by atoms with Crippen molar-refractivity contribution < 1.29 is 17.6 Å². The average Bonchev–Trinajstić information content (AvgIpc) is 3.55. The molecule has 6 rings (SSSR count). The zero-order valence-electron chi connectivity index (χ0n) is 20.5. The van der Waals surface area contributed by atoms with E-state index >= 15 is 0 Å². The fourth-order valence-corrected chi connectivity index (χ4v) is 5.04. The van der Waals surface area contributed by atoms with Crippen molar-refractivity contribution in [3.8, 4) is 22.5 Å². The molecule has 0 aliphatic carbocycles. The van der Waals surface area contributed by atoms with Gasteiger partial charge in [-0.25, -0.2) is 19.3 Å². The van der Waals surface area contributed by atoms with Crippen molar-refractivity contribution in [2.45, 2.75) is 31.9 Å². The summed E-state index contributed by atoms with van der Waals surface area (Å²) in [6, 6.07) is 15.1. The number of aromatic nitrogens is 5. The summed E-state index contributed by atoms with van der Waals surface area (Å²) in [5, 5.41) is 0.837. The highest BCUT2D eigenvalue weighted by Gasteiger charge is 2.38. The average molecular weight is 521 g/mol. The lowest BCUT2D eigenvalue weighted by molar-refractivity contribution is -0.140. The standard InChI is InChI=1S/C28H24F4N6/c1-16-2-4-18(5-3-16)23-24(28(30,31)32)37-25(36-23)19-10-12-38(13-11-19)27-21-14-22(35-26(21)33-15-34-27)17-6-8-20(29)9-7-17/h2-9,14-15,19H,10-13H2,1H3,(H,36,37)(H,33,34,35). The molecule has 194 valence electrons. The predicted molar refractivity (Wildman–Crippen MR) is 137 cm³/mol. The van der Waals surface area contributed by atoms with Crippen LogP contribution in [-0.4, -0.2) is 38.0 Å². The molecule has 6 nitrogen and oxygen atoms in total. The molecule has 1 aliphatic heterocycles. The Morgan fingerprint density at radius 1 is 0.895 bits per heavy atom. The van der Waals surface area contributed by atoms with E-state index in [0.29, 0.717) is 43.0 Å². The number of alkyl halides is 3. The summed E-state index contributed by atoms with van der Waals surface area (Å²) in [7, 11) is 0. The van der Waals surface area contributed by atoms with E-state index < -0.39 is 11.9 Å². The van der Waals surface area contributed by atoms with Gasteiger partial charge >= 0.3 is 6.18 Å². The number of nitrogens with zero attached hydrogens (tertiary/aromatic N) is 4. The molecular formula is C28H24F4N6. The van der Waals surface area contributed by atoms with Gasteiger partial charge in [0.25, 0.3) is 0 Å². The second kappa shape index (κ2) is 9.27. The maximum atomic E-state index is 13.9. The summed E-state index contributed by atoms with van der Waals surface area (Å²) in [6.45, 7) is 3.10. The molecule has 1 fully saturated rings. The summed E-state index contributed by atoms with van der Waals surface area (Å²) in [6.07, 6.45) is -1.79. The molecule has 4 heterocycles. The van der Waals surface area contributed by atoms with E-state index in [4.69, 9.17) is 0 Å². The lowest BCUT2D eigenvalue weighted by Crippen LogP contribution is -2.34. The van der Waals surface area contributed by atoms with Gasteiger partial charge in [0.15, 0.2) is 0 Å². The fourth-order valence-electron chi connectivity index (χ4n) is 5.04. The normalized spacial score (nSPS) is 14.9. The first kappa shape index (κ1) is 24.1. The SMILES string of the molecule is Cc1ccc(-c2nc(C3CCN(c4ncnc5[nH]c(-c6ccc(F)cc6)cc45)CC3)[nH]c2C(F)(F)F)cc1. The fraction of sp³-hybridized carbons (Fsp3) is 0.250. The molecular weight excluding hydrogens is 496 g/mol. The van der Waals surface area contributed by atoms with Crippen LogP contribution in [0.2, 0.25) is 0 Å². The van der Waals surface area contributed by atoms with Crippen LogP contribution in [-0.2, 0) is 6.18 Å². The topological polar surface area (TPSA) is 73.5 Å². The Labute approximate surface area is 215 Å². The number of imidazole rings is 1. The lowest BCUT2D eigenvalue weighted by Gasteiger charge is -2.32. The number of hydrogen-bond acceptors (Lipinski definition) is 4. The number of aryl methyl sites for hydroxylation is 1. The highest BCUT2D eigenvalue weighted by molar-refractivity contribution is 5.92. The zero-order chi connectivity index (χ0) is 26.4. The first-order valence-electron chi connectivity index (χ1n) is 12.3. The highest BCUT2D eigenvalue weighted by atomic mass is 19.4. The van der Waals surface area contributed by atoms with Crippen molar-refractivity contribution in [2.24, 2.45) is 0 Å². The minimum absolute atomic E-state index is 0.0620. The van der Waals surface area contributed by atoms with Crippen LogP contribution in [0, 0.1) is 12.7 Å². The van der Waals surface area contributed by atoms with Crippen LogP contribution >= 0.6 is 0 Å². The second-order valence-electron chi connectivity index (χ2n) is 9.62. The Morgan fingerprint density at radius 3 is 2.26 bits per heavy atom. The molecule has 0 unspecified atom stereocenters. The van der Waals surface area contributed by atoms with Gasteiger partial charge in [-0.1, -0.05) is 29.8 Å². The Bertz CT molecular complexity index is 1580. The number of halogens is 4. The number of benzene rings is 2. The van der Waals surface area contributed by atoms with Crippen LogP contribution in [0.1, 0.15) is 35.8 Å². The summed E-state index contributed by atoms with van der Waals surface area (Å²) < 4.78 is 54.9. The third kappa shape index (κ3) is 4.51. The monoisotopic (exact) mass is 520 g/mol. The van der Waals surface area contributed by atoms with Crippen LogP contribution in [0.3, 0.4) is 0 Å². The van der Waals surface area contributed by atoms with Gasteiger partial charge in [0.2, 0.25) is 0 Å². The van der Waals surface area contributed by atoms with Crippen LogP contribution in [0.25, 0.3) is 33.5 Å². The smallest absolute Gasteiger partial charge is 0.356 e. The Morgan fingerprint density at radius 2 is 1.58 bits per heavy atom. The Hall–Kier alpha value is -4.21. The molecule has 3 aromatic heterocycles. The molecule has 1 aliphatic rings. The maximum Gasteiger partial charge on any atom is 0.433 e. The number of aromatic amines is 2. The summed E-state index contributed by atoms with van der Waals surface area (Å²) in [5.41, 5.74) is 2.84. The van der Waals surface area contributed by atoms with E-state index in [1.54, 1.807) is 36.4 Å². The van der Waals surface area contributed by atoms with Gasteiger partial charge in [-0.3, -0.25) is 0 Å². The van der Waals surface area contributed by atoms with Gasteiger partial charge in [0.05, 0.1) is 5.39 Å². The minimum atomic E-state index is -4.53. The summed E-state index contributed by atoms with van der Waals surface area (Å²) in [5.74, 6) is 0.678. The van der Waals surface area contributed by atoms with Gasteiger partial charge in [-0.15, -0.1) is 0 Å². The molecule has 0 bridgehead atoms. The van der Waals surface area contributed by atoms with E-state index in [9.17, 15) is 17.6 Å². The zero-order valence-corrected chi connectivity index (χ0v) is 20.5. The maximum absolute atomic E-state index is 13.9. The molecule has 0 spiro atoms. The van der Waals surface area contributed by atoms with Crippen LogP contribution in [0.5, 0.6) is 0 Å². The molecule has 2 aromatic carbocycles. The number of rotatable bonds is 4. The van der Waals surface area contributed by atoms with E-state index in [-0.39, 0.29) is 17.4 Å². The summed E-state index contributed by atoms with van der Waals surface area (Å²) >= 11 is 0. The molecule has 1 saturated heterocycles. The molecule has 38 heavy (non-hydrogen) atoms. The first-order chi connectivity index (χ1) is 18.3. The van der Waals surface area contributed by atoms with Gasteiger partial charge in [-0.05, 0) is 55.7 Å². The first-order valence-corrected chi connectivity index (χ1v) is 12.3. The van der Waals surface area contributed by atoms with E-state index in [0.717, 1.165) is 28.0 Å². The molecule has 0 radical (unpaired) electrons. The molecule has 0 atom stereocenters. The third-order valence-corrected chi connectivity index (χ3v) is 7.07. The van der Waals surface area contributed by atoms with Gasteiger partial charge in [-0.2, -0.15) is 13.2 Å². The van der Waals surface area contributed by atoms with Crippen LogP contribution < -0.4 is 4.90 Å². The van der Waals surface area contributed by atoms with Crippen molar-refractivity contribution in [1.82, 2.24) is 24.9 Å². The minimum Gasteiger partial charge on any atom is -0.356 e. The largest absolute Gasteiger partial charge is 0.433 e. The van der Waals surface area contributed by atoms with Crippen molar-refractivity contribution in [2.75, 3.05) is 18.0 Å². The number of fused-ring (bicyclic) bond motifs is 1. The molecule has 0 amide bonds. The van der Waals surface area contributed by atoms with Crippen molar-refractivity contribution >= 4 is 16.9 Å². The quantitative estimate of drug-likeness (QED) is 0.254. The molecule has 0 saturated carbocycles. The lowest BCUT2D eigenvalue weighted by atomic mass is 9.96. The van der Waals surface area contributed by atoms with Crippen molar-refractivity contribution in [3.05, 3.63) is 83.8 Å². The molecule has 2 N–H and O–H groups in total. The second-order valence-corrected chi connectivity index (χ2v) is 9.62. The molecule has 5 aromatic rings. The van der Waals surface area contributed by atoms with Gasteiger partial charge < -0.3 is 14.9 Å². The summed E-state index contributed by atoms with van der Waals surface area (Å²) in [4.78, 5) is 21.3. The Kier molecular flexibility index (Phi) is 5.89. The van der Waals surface area contributed by atoms with Crippen molar-refractivity contribution in [3.63, 3.8) is 0 Å². The van der Waals surface area contributed by atoms with E-state index in [1.165, 1.54) is 18.5 Å². The number of nitrogens with one attached hydrogen (secondary N) is 2. The number of hydrogen-bond donors (Lipinski definition) is 2. The van der Waals surface area contributed by atoms with E-state index in [2.05, 4.69) is 29.8 Å². The Balaban J connectivity index is 1.24. The number of anilines is 1. The number of piperidine rings is 1.